The van der Waals surface area contributed by atoms with E-state index in [1.165, 1.54) is 12.0 Å². The summed E-state index contributed by atoms with van der Waals surface area (Å²) < 4.78 is 1.87. The van der Waals surface area contributed by atoms with Gasteiger partial charge in [-0.25, -0.2) is 0 Å². The van der Waals surface area contributed by atoms with Crippen LogP contribution < -0.4 is 5.32 Å². The molecule has 0 saturated carbocycles. The lowest BCUT2D eigenvalue weighted by atomic mass is 10.00. The van der Waals surface area contributed by atoms with E-state index in [1.807, 2.05) is 29.1 Å². The molecular weight excluding hydrogens is 314 g/mol. The molecule has 25 heavy (non-hydrogen) atoms. The number of amides is 1. The van der Waals surface area contributed by atoms with E-state index in [2.05, 4.69) is 34.1 Å². The van der Waals surface area contributed by atoms with Crippen LogP contribution in [0, 0.1) is 0 Å². The van der Waals surface area contributed by atoms with Gasteiger partial charge in [-0.1, -0.05) is 6.42 Å². The topological polar surface area (TPSA) is 63.1 Å². The molecule has 1 aliphatic heterocycles. The van der Waals surface area contributed by atoms with Crippen molar-refractivity contribution in [3.05, 3.63) is 42.4 Å². The first-order valence-corrected chi connectivity index (χ1v) is 9.12. The predicted octanol–water partition coefficient (Wildman–Crippen LogP) is 2.72. The van der Waals surface area contributed by atoms with Gasteiger partial charge in [-0.05, 0) is 57.4 Å². The molecule has 0 spiro atoms. The van der Waals surface area contributed by atoms with Gasteiger partial charge in [0.25, 0.3) is 0 Å². The highest BCUT2D eigenvalue weighted by Crippen LogP contribution is 2.20. The first kappa shape index (κ1) is 17.6. The Hall–Kier alpha value is -2.21. The normalized spacial score (nSPS) is 18.4. The zero-order chi connectivity index (χ0) is 17.6. The molecule has 134 valence electrons. The zero-order valence-corrected chi connectivity index (χ0v) is 15.1. The van der Waals surface area contributed by atoms with E-state index in [-0.39, 0.29) is 11.9 Å². The fourth-order valence-electron chi connectivity index (χ4n) is 3.41. The predicted molar refractivity (Wildman–Crippen MR) is 98.3 cm³/mol. The van der Waals surface area contributed by atoms with E-state index in [0.717, 1.165) is 32.4 Å². The summed E-state index contributed by atoms with van der Waals surface area (Å²) in [7, 11) is 0. The highest BCUT2D eigenvalue weighted by Gasteiger charge is 2.30. The molecule has 1 atom stereocenters. The summed E-state index contributed by atoms with van der Waals surface area (Å²) >= 11 is 0. The molecule has 0 radical (unpaired) electrons. The molecule has 0 bridgehead atoms. The Morgan fingerprint density at radius 2 is 2.08 bits per heavy atom. The van der Waals surface area contributed by atoms with Gasteiger partial charge < -0.3 is 5.32 Å². The van der Waals surface area contributed by atoms with Crippen LogP contribution in [0.15, 0.2) is 36.8 Å². The summed E-state index contributed by atoms with van der Waals surface area (Å²) in [5.74, 6) is 0.696. The van der Waals surface area contributed by atoms with Gasteiger partial charge in [0.1, 0.15) is 0 Å². The van der Waals surface area contributed by atoms with Gasteiger partial charge in [-0.15, -0.1) is 0 Å². The molecule has 1 unspecified atom stereocenters. The van der Waals surface area contributed by atoms with Gasteiger partial charge in [0, 0.05) is 37.2 Å². The lowest BCUT2D eigenvalue weighted by Gasteiger charge is -2.37. The molecule has 3 rings (SSSR count). The molecule has 1 saturated heterocycles. The lowest BCUT2D eigenvalue weighted by Crippen LogP contribution is -2.50. The molecule has 1 N–H and O–H groups in total. The maximum atomic E-state index is 12.7. The van der Waals surface area contributed by atoms with Crippen molar-refractivity contribution < 1.29 is 4.79 Å². The highest BCUT2D eigenvalue weighted by molar-refractivity contribution is 5.94. The third-order valence-corrected chi connectivity index (χ3v) is 4.78. The van der Waals surface area contributed by atoms with Crippen LogP contribution in [-0.2, 0) is 17.8 Å². The Balaban J connectivity index is 1.56. The van der Waals surface area contributed by atoms with Crippen molar-refractivity contribution in [3.63, 3.8) is 0 Å². The Labute approximate surface area is 149 Å². The number of likely N-dealkylation sites (tertiary alicyclic amines) is 1. The fourth-order valence-corrected chi connectivity index (χ4v) is 3.41. The number of carbonyl (C=O) groups is 1. The van der Waals surface area contributed by atoms with Crippen LogP contribution in [0.4, 0.5) is 5.82 Å². The number of anilines is 1. The summed E-state index contributed by atoms with van der Waals surface area (Å²) in [4.78, 5) is 19.0. The molecule has 2 aromatic heterocycles. The quantitative estimate of drug-likeness (QED) is 0.877. The van der Waals surface area contributed by atoms with Crippen LogP contribution in [0.2, 0.25) is 0 Å². The minimum absolute atomic E-state index is 0.0456. The Bertz CT molecular complexity index is 682. The number of hydrogen-bond acceptors (Lipinski definition) is 4. The number of carbonyl (C=O) groups excluding carboxylic acids is 1. The third-order valence-electron chi connectivity index (χ3n) is 4.78. The SMILES string of the molecule is CC(C)N1CCCCC1C(=O)Nc1ccn(CCc2ccncc2)n1. The van der Waals surface area contributed by atoms with Crippen molar-refractivity contribution in [2.45, 2.75) is 58.2 Å². The van der Waals surface area contributed by atoms with E-state index < -0.39 is 0 Å². The van der Waals surface area contributed by atoms with Crippen LogP contribution in [0.25, 0.3) is 0 Å². The minimum Gasteiger partial charge on any atom is -0.308 e. The number of piperidine rings is 1. The van der Waals surface area contributed by atoms with Gasteiger partial charge in [0.05, 0.1) is 6.04 Å². The maximum Gasteiger partial charge on any atom is 0.242 e. The Kier molecular flexibility index (Phi) is 5.81. The average Bonchev–Trinajstić information content (AvgIpc) is 3.08. The Morgan fingerprint density at radius 1 is 1.28 bits per heavy atom. The number of nitrogens with zero attached hydrogens (tertiary/aromatic N) is 4. The van der Waals surface area contributed by atoms with Gasteiger partial charge in [0.15, 0.2) is 5.82 Å². The van der Waals surface area contributed by atoms with Crippen LogP contribution in [-0.4, -0.2) is 44.2 Å². The van der Waals surface area contributed by atoms with E-state index in [9.17, 15) is 4.79 Å². The van der Waals surface area contributed by atoms with Crippen molar-refractivity contribution in [1.29, 1.82) is 0 Å². The molecule has 6 heteroatoms. The second-order valence-corrected chi connectivity index (χ2v) is 6.90. The average molecular weight is 341 g/mol. The highest BCUT2D eigenvalue weighted by atomic mass is 16.2. The first-order chi connectivity index (χ1) is 12.1. The summed E-state index contributed by atoms with van der Waals surface area (Å²) in [5.41, 5.74) is 1.23. The number of pyridine rings is 1. The van der Waals surface area contributed by atoms with Crippen molar-refractivity contribution in [1.82, 2.24) is 19.7 Å². The standard InChI is InChI=1S/C19H27N5O/c1-15(2)24-12-4-3-5-17(24)19(25)21-18-9-14-23(22-18)13-8-16-6-10-20-11-7-16/h6-7,9-11,14-15,17H,3-5,8,12-13H2,1-2H3,(H,21,22,25). The van der Waals surface area contributed by atoms with E-state index >= 15 is 0 Å². The van der Waals surface area contributed by atoms with Crippen molar-refractivity contribution in [2.24, 2.45) is 0 Å². The van der Waals surface area contributed by atoms with Gasteiger partial charge >= 0.3 is 0 Å². The largest absolute Gasteiger partial charge is 0.308 e. The van der Waals surface area contributed by atoms with Crippen LogP contribution in [0.5, 0.6) is 0 Å². The molecule has 1 aliphatic rings. The molecule has 0 aromatic carbocycles. The maximum absolute atomic E-state index is 12.7. The molecule has 0 aliphatic carbocycles. The van der Waals surface area contributed by atoms with Gasteiger partial charge in [-0.3, -0.25) is 19.4 Å². The molecule has 1 amide bonds. The number of aryl methyl sites for hydroxylation is 2. The van der Waals surface area contributed by atoms with Crippen LogP contribution in [0.1, 0.15) is 38.7 Å². The Morgan fingerprint density at radius 3 is 2.84 bits per heavy atom. The first-order valence-electron chi connectivity index (χ1n) is 9.12. The zero-order valence-electron chi connectivity index (χ0n) is 15.1. The molecular formula is C19H27N5O. The number of aromatic nitrogens is 3. The molecule has 2 aromatic rings. The molecule has 6 nitrogen and oxygen atoms in total. The third kappa shape index (κ3) is 4.66. The smallest absolute Gasteiger partial charge is 0.242 e. The number of nitrogens with one attached hydrogen (secondary N) is 1. The summed E-state index contributed by atoms with van der Waals surface area (Å²) in [6, 6.07) is 6.23. The van der Waals surface area contributed by atoms with E-state index in [1.54, 1.807) is 12.4 Å². The monoisotopic (exact) mass is 341 g/mol. The van der Waals surface area contributed by atoms with Gasteiger partial charge in [-0.2, -0.15) is 5.10 Å². The summed E-state index contributed by atoms with van der Waals surface area (Å²) in [6.45, 7) is 6.08. The lowest BCUT2D eigenvalue weighted by molar-refractivity contribution is -0.123. The molecule has 1 fully saturated rings. The van der Waals surface area contributed by atoms with E-state index in [4.69, 9.17) is 0 Å². The van der Waals surface area contributed by atoms with Crippen LogP contribution in [0.3, 0.4) is 0 Å². The van der Waals surface area contributed by atoms with Crippen molar-refractivity contribution in [2.75, 3.05) is 11.9 Å². The van der Waals surface area contributed by atoms with Crippen LogP contribution >= 0.6 is 0 Å². The number of rotatable bonds is 6. The number of hydrogen-bond donors (Lipinski definition) is 1. The van der Waals surface area contributed by atoms with E-state index in [0.29, 0.717) is 11.9 Å². The second kappa shape index (κ2) is 8.25. The second-order valence-electron chi connectivity index (χ2n) is 6.90. The fraction of sp³-hybridized carbons (Fsp3) is 0.526. The summed E-state index contributed by atoms with van der Waals surface area (Å²) in [5, 5.41) is 7.47. The molecule has 3 heterocycles. The van der Waals surface area contributed by atoms with Crippen molar-refractivity contribution >= 4 is 11.7 Å². The van der Waals surface area contributed by atoms with Gasteiger partial charge in [0.2, 0.25) is 5.91 Å². The van der Waals surface area contributed by atoms with Crippen molar-refractivity contribution in [3.8, 4) is 0 Å². The summed E-state index contributed by atoms with van der Waals surface area (Å²) in [6.07, 6.45) is 9.61. The minimum atomic E-state index is -0.0456.